The number of likely N-dealkylation sites (tertiary alicyclic amines) is 1. The van der Waals surface area contributed by atoms with Crippen molar-refractivity contribution in [2.24, 2.45) is 5.92 Å². The number of rotatable bonds is 4. The lowest BCUT2D eigenvalue weighted by Crippen LogP contribution is -2.56. The number of nitrogens with zero attached hydrogens (tertiary/aromatic N) is 1. The van der Waals surface area contributed by atoms with E-state index in [4.69, 9.17) is 0 Å². The first-order valence-corrected chi connectivity index (χ1v) is 6.30. The van der Waals surface area contributed by atoms with Gasteiger partial charge in [0.1, 0.15) is 0 Å². The number of quaternary nitrogens is 1. The van der Waals surface area contributed by atoms with Crippen LogP contribution in [0.1, 0.15) is 33.6 Å². The van der Waals surface area contributed by atoms with Gasteiger partial charge in [0, 0.05) is 6.54 Å². The third-order valence-corrected chi connectivity index (χ3v) is 3.86. The number of nitrogens with one attached hydrogen (secondary N) is 1. The Morgan fingerprint density at radius 2 is 2.00 bits per heavy atom. The Morgan fingerprint density at radius 1 is 1.33 bits per heavy atom. The van der Waals surface area contributed by atoms with E-state index in [0.717, 1.165) is 37.1 Å². The third-order valence-electron chi connectivity index (χ3n) is 3.86. The zero-order valence-corrected chi connectivity index (χ0v) is 10.4. The molecular weight excluding hydrogens is 188 g/mol. The Balaban J connectivity index is 2.58. The van der Waals surface area contributed by atoms with Crippen molar-refractivity contribution in [3.05, 3.63) is 0 Å². The topological polar surface area (TPSA) is 29.1 Å². The van der Waals surface area contributed by atoms with Gasteiger partial charge in [0.2, 0.25) is 5.91 Å². The number of amides is 1. The van der Waals surface area contributed by atoms with E-state index < -0.39 is 0 Å². The van der Waals surface area contributed by atoms with Crippen LogP contribution in [-0.2, 0) is 4.79 Å². The van der Waals surface area contributed by atoms with Crippen LogP contribution in [0.5, 0.6) is 0 Å². The van der Waals surface area contributed by atoms with Crippen molar-refractivity contribution in [2.45, 2.75) is 33.6 Å². The van der Waals surface area contributed by atoms with Crippen LogP contribution in [0.25, 0.3) is 0 Å². The molecule has 1 aliphatic heterocycles. The second kappa shape index (κ2) is 5.50. The molecule has 0 aromatic heterocycles. The average molecular weight is 213 g/mol. The fourth-order valence-corrected chi connectivity index (χ4v) is 2.65. The zero-order valence-electron chi connectivity index (χ0n) is 10.4. The highest BCUT2D eigenvalue weighted by Crippen LogP contribution is 2.23. The maximum absolute atomic E-state index is 11.8. The number of hydrogen-bond donors (Lipinski definition) is 1. The molecule has 0 aromatic carbocycles. The molecule has 0 bridgehead atoms. The minimum atomic E-state index is 0.249. The van der Waals surface area contributed by atoms with Gasteiger partial charge in [0.05, 0.1) is 32.1 Å². The number of piperidine rings is 1. The Hall–Kier alpha value is -0.570. The molecule has 0 aliphatic carbocycles. The molecule has 0 aromatic rings. The Bertz CT molecular complexity index is 212. The van der Waals surface area contributed by atoms with Crippen molar-refractivity contribution in [1.29, 1.82) is 0 Å². The highest BCUT2D eigenvalue weighted by atomic mass is 16.1. The first kappa shape index (κ1) is 12.5. The van der Waals surface area contributed by atoms with Gasteiger partial charge in [-0.2, -0.15) is 0 Å². The average Bonchev–Trinajstić information content (AvgIpc) is 2.29. The van der Waals surface area contributed by atoms with E-state index in [1.54, 1.807) is 0 Å². The molecule has 1 rings (SSSR count). The Kier molecular flexibility index (Phi) is 4.58. The molecule has 1 atom stereocenters. The van der Waals surface area contributed by atoms with E-state index in [9.17, 15) is 4.79 Å². The molecule has 1 aliphatic rings. The van der Waals surface area contributed by atoms with Gasteiger partial charge in [-0.1, -0.05) is 0 Å². The first-order valence-electron chi connectivity index (χ1n) is 6.30. The van der Waals surface area contributed by atoms with Gasteiger partial charge in [-0.05, 0) is 33.6 Å². The van der Waals surface area contributed by atoms with Gasteiger partial charge in [0.25, 0.3) is 0 Å². The van der Waals surface area contributed by atoms with Gasteiger partial charge in [0.15, 0.2) is 0 Å². The van der Waals surface area contributed by atoms with Crippen LogP contribution in [0, 0.1) is 5.92 Å². The Morgan fingerprint density at radius 3 is 2.53 bits per heavy atom. The van der Waals surface area contributed by atoms with Crippen molar-refractivity contribution < 1.29 is 9.28 Å². The second-order valence-corrected chi connectivity index (χ2v) is 4.61. The van der Waals surface area contributed by atoms with E-state index >= 15 is 0 Å². The summed E-state index contributed by atoms with van der Waals surface area (Å²) < 4.78 is 1.13. The first-order chi connectivity index (χ1) is 7.17. The monoisotopic (exact) mass is 213 g/mol. The molecule has 88 valence electrons. The van der Waals surface area contributed by atoms with Crippen LogP contribution >= 0.6 is 0 Å². The van der Waals surface area contributed by atoms with Gasteiger partial charge in [-0.3, -0.25) is 4.79 Å². The Labute approximate surface area is 93.4 Å². The highest BCUT2D eigenvalue weighted by molar-refractivity contribution is 5.78. The molecule has 15 heavy (non-hydrogen) atoms. The molecule has 1 N–H and O–H groups in total. The summed E-state index contributed by atoms with van der Waals surface area (Å²) in [4.78, 5) is 11.8. The lowest BCUT2D eigenvalue weighted by molar-refractivity contribution is -0.931. The smallest absolute Gasteiger partial charge is 0.228 e. The quantitative estimate of drug-likeness (QED) is 0.703. The van der Waals surface area contributed by atoms with E-state index in [-0.39, 0.29) is 11.8 Å². The molecule has 1 heterocycles. The van der Waals surface area contributed by atoms with Crippen LogP contribution in [0.4, 0.5) is 0 Å². The fourth-order valence-electron chi connectivity index (χ4n) is 2.65. The number of carbonyl (C=O) groups excluding carboxylic acids is 1. The minimum Gasteiger partial charge on any atom is -0.356 e. The molecular formula is C12H25N2O+. The van der Waals surface area contributed by atoms with Crippen LogP contribution in [0.3, 0.4) is 0 Å². The molecule has 1 amide bonds. The molecule has 3 nitrogen and oxygen atoms in total. The molecule has 3 heteroatoms. The van der Waals surface area contributed by atoms with Crippen molar-refractivity contribution in [3.8, 4) is 0 Å². The summed E-state index contributed by atoms with van der Waals surface area (Å²) in [5.74, 6) is 0.514. The zero-order chi connectivity index (χ0) is 11.3. The predicted molar refractivity (Wildman–Crippen MR) is 62.5 cm³/mol. The van der Waals surface area contributed by atoms with Crippen LogP contribution in [-0.4, -0.2) is 43.1 Å². The molecule has 0 radical (unpaired) electrons. The lowest BCUT2D eigenvalue weighted by Gasteiger charge is -2.42. The summed E-state index contributed by atoms with van der Waals surface area (Å²) in [6, 6.07) is 0. The van der Waals surface area contributed by atoms with Crippen molar-refractivity contribution in [1.82, 2.24) is 5.32 Å². The second-order valence-electron chi connectivity index (χ2n) is 4.61. The molecule has 1 unspecified atom stereocenters. The fraction of sp³-hybridized carbons (Fsp3) is 0.917. The van der Waals surface area contributed by atoms with Crippen LogP contribution in [0.2, 0.25) is 0 Å². The maximum atomic E-state index is 11.8. The van der Waals surface area contributed by atoms with Crippen molar-refractivity contribution >= 4 is 5.91 Å². The number of carbonyl (C=O) groups is 1. The van der Waals surface area contributed by atoms with Gasteiger partial charge in [-0.25, -0.2) is 0 Å². The summed E-state index contributed by atoms with van der Waals surface area (Å²) >= 11 is 0. The van der Waals surface area contributed by atoms with E-state index in [1.165, 1.54) is 13.0 Å². The summed E-state index contributed by atoms with van der Waals surface area (Å²) in [5, 5.41) is 2.95. The van der Waals surface area contributed by atoms with E-state index in [0.29, 0.717) is 0 Å². The maximum Gasteiger partial charge on any atom is 0.228 e. The van der Waals surface area contributed by atoms with Crippen LogP contribution < -0.4 is 5.32 Å². The van der Waals surface area contributed by atoms with Crippen molar-refractivity contribution in [3.63, 3.8) is 0 Å². The van der Waals surface area contributed by atoms with Crippen molar-refractivity contribution in [2.75, 3.05) is 32.7 Å². The SMILES string of the molecule is CCNC(=O)C1CCC[N+](CC)(CC)C1. The summed E-state index contributed by atoms with van der Waals surface area (Å²) in [7, 11) is 0. The normalized spacial score (nSPS) is 24.9. The van der Waals surface area contributed by atoms with E-state index in [1.807, 2.05) is 6.92 Å². The summed E-state index contributed by atoms with van der Waals surface area (Å²) in [6.07, 6.45) is 2.27. The standard InChI is InChI=1S/C12H24N2O/c1-4-13-12(15)11-8-7-9-14(5-2,6-3)10-11/h11H,4-10H2,1-3H3/p+1. The highest BCUT2D eigenvalue weighted by Gasteiger charge is 2.35. The number of hydrogen-bond acceptors (Lipinski definition) is 1. The largest absolute Gasteiger partial charge is 0.356 e. The third kappa shape index (κ3) is 2.94. The van der Waals surface area contributed by atoms with Crippen LogP contribution in [0.15, 0.2) is 0 Å². The van der Waals surface area contributed by atoms with E-state index in [2.05, 4.69) is 19.2 Å². The summed E-state index contributed by atoms with van der Waals surface area (Å²) in [5.41, 5.74) is 0. The molecule has 0 saturated carbocycles. The lowest BCUT2D eigenvalue weighted by atomic mass is 9.94. The van der Waals surface area contributed by atoms with Gasteiger partial charge >= 0.3 is 0 Å². The molecule has 1 fully saturated rings. The van der Waals surface area contributed by atoms with Gasteiger partial charge in [-0.15, -0.1) is 0 Å². The minimum absolute atomic E-state index is 0.249. The summed E-state index contributed by atoms with van der Waals surface area (Å²) in [6.45, 7) is 11.8. The molecule has 0 spiro atoms. The molecule has 1 saturated heterocycles. The predicted octanol–water partition coefficient (Wildman–Crippen LogP) is 1.39. The van der Waals surface area contributed by atoms with Gasteiger partial charge < -0.3 is 9.80 Å².